The summed E-state index contributed by atoms with van der Waals surface area (Å²) in [5, 5.41) is 0. The average molecular weight is 286 g/mol. The molecule has 0 unspecified atom stereocenters. The third-order valence-electron chi connectivity index (χ3n) is 3.15. The zero-order chi connectivity index (χ0) is 11.8. The van der Waals surface area contributed by atoms with Crippen molar-refractivity contribution in [3.63, 3.8) is 0 Å². The Morgan fingerprint density at radius 1 is 1.44 bits per heavy atom. The molecule has 16 heavy (non-hydrogen) atoms. The quantitative estimate of drug-likeness (QED) is 0.799. The second-order valence-electron chi connectivity index (χ2n) is 5.37. The highest BCUT2D eigenvalue weighted by molar-refractivity contribution is 9.10. The molecular formula is C13H17BrFN. The van der Waals surface area contributed by atoms with Crippen molar-refractivity contribution in [3.8, 4) is 0 Å². The SMILES string of the molecule is CC1(C)CCN(Cc2ccc(F)c(Br)c2)C1. The maximum Gasteiger partial charge on any atom is 0.137 e. The minimum absolute atomic E-state index is 0.189. The van der Waals surface area contributed by atoms with Crippen LogP contribution < -0.4 is 0 Å². The van der Waals surface area contributed by atoms with E-state index in [0.29, 0.717) is 9.89 Å². The second kappa shape index (κ2) is 4.46. The molecule has 1 aliphatic heterocycles. The van der Waals surface area contributed by atoms with Crippen molar-refractivity contribution in [1.29, 1.82) is 0 Å². The molecule has 0 amide bonds. The molecule has 1 fully saturated rings. The van der Waals surface area contributed by atoms with Crippen molar-refractivity contribution in [1.82, 2.24) is 4.90 Å². The molecule has 1 saturated heterocycles. The summed E-state index contributed by atoms with van der Waals surface area (Å²) >= 11 is 3.22. The predicted octanol–water partition coefficient (Wildman–Crippen LogP) is 3.82. The summed E-state index contributed by atoms with van der Waals surface area (Å²) in [6.07, 6.45) is 1.25. The van der Waals surface area contributed by atoms with Gasteiger partial charge in [0, 0.05) is 13.1 Å². The summed E-state index contributed by atoms with van der Waals surface area (Å²) in [6.45, 7) is 7.79. The Balaban J connectivity index is 2.02. The van der Waals surface area contributed by atoms with Gasteiger partial charge in [0.05, 0.1) is 4.47 Å². The summed E-state index contributed by atoms with van der Waals surface area (Å²) in [5.74, 6) is -0.189. The Morgan fingerprint density at radius 2 is 2.19 bits per heavy atom. The van der Waals surface area contributed by atoms with E-state index in [-0.39, 0.29) is 5.82 Å². The summed E-state index contributed by atoms with van der Waals surface area (Å²) in [4.78, 5) is 2.43. The van der Waals surface area contributed by atoms with Crippen LogP contribution in [-0.4, -0.2) is 18.0 Å². The Labute approximate surface area is 105 Å². The Morgan fingerprint density at radius 3 is 2.75 bits per heavy atom. The van der Waals surface area contributed by atoms with Crippen molar-refractivity contribution in [3.05, 3.63) is 34.1 Å². The zero-order valence-corrected chi connectivity index (χ0v) is 11.3. The van der Waals surface area contributed by atoms with Gasteiger partial charge in [-0.25, -0.2) is 4.39 Å². The molecule has 0 radical (unpaired) electrons. The lowest BCUT2D eigenvalue weighted by molar-refractivity contribution is 0.284. The molecular weight excluding hydrogens is 269 g/mol. The van der Waals surface area contributed by atoms with Gasteiger partial charge in [-0.05, 0) is 52.0 Å². The molecule has 3 heteroatoms. The number of halogens is 2. The first-order chi connectivity index (χ1) is 7.46. The zero-order valence-electron chi connectivity index (χ0n) is 9.76. The number of likely N-dealkylation sites (tertiary alicyclic amines) is 1. The van der Waals surface area contributed by atoms with E-state index in [1.807, 2.05) is 12.1 Å². The molecule has 1 aromatic carbocycles. The van der Waals surface area contributed by atoms with Crippen molar-refractivity contribution < 1.29 is 4.39 Å². The fourth-order valence-electron chi connectivity index (χ4n) is 2.26. The molecule has 0 atom stereocenters. The number of rotatable bonds is 2. The van der Waals surface area contributed by atoms with Crippen molar-refractivity contribution >= 4 is 15.9 Å². The van der Waals surface area contributed by atoms with E-state index in [4.69, 9.17) is 0 Å². The Bertz CT molecular complexity index is 390. The summed E-state index contributed by atoms with van der Waals surface area (Å²) in [6, 6.07) is 5.27. The molecule has 0 spiro atoms. The van der Waals surface area contributed by atoms with Crippen molar-refractivity contribution in [2.24, 2.45) is 5.41 Å². The minimum atomic E-state index is -0.189. The standard InChI is InChI=1S/C13H17BrFN/c1-13(2)5-6-16(9-13)8-10-3-4-12(15)11(14)7-10/h3-4,7H,5-6,8-9H2,1-2H3. The fourth-order valence-corrected chi connectivity index (χ4v) is 2.68. The van der Waals surface area contributed by atoms with Crippen LogP contribution in [0.25, 0.3) is 0 Å². The van der Waals surface area contributed by atoms with Crippen LogP contribution >= 0.6 is 15.9 Å². The van der Waals surface area contributed by atoms with E-state index in [2.05, 4.69) is 34.7 Å². The smallest absolute Gasteiger partial charge is 0.137 e. The number of hydrogen-bond donors (Lipinski definition) is 0. The molecule has 1 aromatic rings. The van der Waals surface area contributed by atoms with Gasteiger partial charge in [0.15, 0.2) is 0 Å². The van der Waals surface area contributed by atoms with Crippen LogP contribution in [0.5, 0.6) is 0 Å². The van der Waals surface area contributed by atoms with Crippen LogP contribution in [0.2, 0.25) is 0 Å². The number of benzene rings is 1. The molecule has 0 N–H and O–H groups in total. The van der Waals surface area contributed by atoms with Gasteiger partial charge < -0.3 is 0 Å². The predicted molar refractivity (Wildman–Crippen MR) is 67.8 cm³/mol. The molecule has 88 valence electrons. The Kier molecular flexibility index (Phi) is 3.36. The minimum Gasteiger partial charge on any atom is -0.299 e. The Hall–Kier alpha value is -0.410. The van der Waals surface area contributed by atoms with Crippen LogP contribution in [0.15, 0.2) is 22.7 Å². The van der Waals surface area contributed by atoms with Gasteiger partial charge in [-0.2, -0.15) is 0 Å². The molecule has 0 aliphatic carbocycles. The van der Waals surface area contributed by atoms with E-state index in [0.717, 1.165) is 19.6 Å². The average Bonchev–Trinajstić information content (AvgIpc) is 2.52. The van der Waals surface area contributed by atoms with Crippen LogP contribution in [0.4, 0.5) is 4.39 Å². The number of nitrogens with zero attached hydrogens (tertiary/aromatic N) is 1. The monoisotopic (exact) mass is 285 g/mol. The van der Waals surface area contributed by atoms with E-state index >= 15 is 0 Å². The first kappa shape index (κ1) is 12.1. The van der Waals surface area contributed by atoms with Crippen LogP contribution in [0.3, 0.4) is 0 Å². The second-order valence-corrected chi connectivity index (χ2v) is 6.23. The normalized spacial score (nSPS) is 20.2. The first-order valence-corrected chi connectivity index (χ1v) is 6.42. The summed E-state index contributed by atoms with van der Waals surface area (Å²) in [7, 11) is 0. The molecule has 1 heterocycles. The van der Waals surface area contributed by atoms with E-state index in [1.165, 1.54) is 18.1 Å². The molecule has 1 nitrogen and oxygen atoms in total. The maximum absolute atomic E-state index is 13.1. The molecule has 0 aromatic heterocycles. The van der Waals surface area contributed by atoms with Gasteiger partial charge in [0.2, 0.25) is 0 Å². The van der Waals surface area contributed by atoms with E-state index < -0.39 is 0 Å². The maximum atomic E-state index is 13.1. The largest absolute Gasteiger partial charge is 0.299 e. The highest BCUT2D eigenvalue weighted by Gasteiger charge is 2.28. The lowest BCUT2D eigenvalue weighted by Crippen LogP contribution is -2.22. The van der Waals surface area contributed by atoms with Crippen LogP contribution in [-0.2, 0) is 6.54 Å². The lowest BCUT2D eigenvalue weighted by atomic mass is 9.93. The van der Waals surface area contributed by atoms with Gasteiger partial charge in [-0.3, -0.25) is 4.90 Å². The number of hydrogen-bond acceptors (Lipinski definition) is 1. The first-order valence-electron chi connectivity index (χ1n) is 5.63. The molecule has 0 bridgehead atoms. The van der Waals surface area contributed by atoms with E-state index in [1.54, 1.807) is 0 Å². The van der Waals surface area contributed by atoms with Crippen LogP contribution in [0.1, 0.15) is 25.8 Å². The highest BCUT2D eigenvalue weighted by atomic mass is 79.9. The summed E-state index contributed by atoms with van der Waals surface area (Å²) in [5.41, 5.74) is 1.60. The topological polar surface area (TPSA) is 3.24 Å². The van der Waals surface area contributed by atoms with Crippen molar-refractivity contribution in [2.75, 3.05) is 13.1 Å². The van der Waals surface area contributed by atoms with Gasteiger partial charge in [0.1, 0.15) is 5.82 Å². The fraction of sp³-hybridized carbons (Fsp3) is 0.538. The third kappa shape index (κ3) is 2.83. The lowest BCUT2D eigenvalue weighted by Gasteiger charge is -2.19. The summed E-state index contributed by atoms with van der Waals surface area (Å²) < 4.78 is 13.6. The third-order valence-corrected chi connectivity index (χ3v) is 3.75. The van der Waals surface area contributed by atoms with Crippen molar-refractivity contribution in [2.45, 2.75) is 26.8 Å². The highest BCUT2D eigenvalue weighted by Crippen LogP contribution is 2.30. The van der Waals surface area contributed by atoms with E-state index in [9.17, 15) is 4.39 Å². The molecule has 1 aliphatic rings. The molecule has 2 rings (SSSR count). The van der Waals surface area contributed by atoms with Crippen LogP contribution in [0, 0.1) is 11.2 Å². The van der Waals surface area contributed by atoms with Gasteiger partial charge in [0.25, 0.3) is 0 Å². The molecule has 0 saturated carbocycles. The van der Waals surface area contributed by atoms with Gasteiger partial charge in [-0.15, -0.1) is 0 Å². The van der Waals surface area contributed by atoms with Gasteiger partial charge >= 0.3 is 0 Å². The van der Waals surface area contributed by atoms with Gasteiger partial charge in [-0.1, -0.05) is 19.9 Å².